The zero-order valence-electron chi connectivity index (χ0n) is 14.5. The second kappa shape index (κ2) is 10.2. The number of likely N-dealkylation sites (N-methyl/N-ethyl adjacent to an activating group) is 1. The highest BCUT2D eigenvalue weighted by atomic mass is 19.1. The molecule has 25 heavy (non-hydrogen) atoms. The van der Waals surface area contributed by atoms with Crippen molar-refractivity contribution in [3.63, 3.8) is 0 Å². The summed E-state index contributed by atoms with van der Waals surface area (Å²) >= 11 is 0. The maximum absolute atomic E-state index is 13.5. The molecule has 0 fully saturated rings. The molecular weight excluding hydrogens is 321 g/mol. The second-order valence-electron chi connectivity index (χ2n) is 5.40. The van der Waals surface area contributed by atoms with Crippen molar-refractivity contribution >= 4 is 5.96 Å². The lowest BCUT2D eigenvalue weighted by Gasteiger charge is -2.22. The second-order valence-corrected chi connectivity index (χ2v) is 5.40. The number of furan rings is 1. The smallest absolute Gasteiger partial charge is 0.194 e. The minimum Gasteiger partial charge on any atom is -0.489 e. The first-order valence-corrected chi connectivity index (χ1v) is 8.20. The molecule has 134 valence electrons. The molecule has 1 N–H and O–H groups in total. The molecule has 1 aromatic carbocycles. The molecule has 1 heterocycles. The topological polar surface area (TPSA) is 50.0 Å². The van der Waals surface area contributed by atoms with E-state index in [0.29, 0.717) is 26.2 Å². The van der Waals surface area contributed by atoms with Crippen LogP contribution in [0.25, 0.3) is 0 Å². The van der Waals surface area contributed by atoms with Crippen molar-refractivity contribution in [1.29, 1.82) is 0 Å². The highest BCUT2D eigenvalue weighted by Crippen LogP contribution is 2.14. The lowest BCUT2D eigenvalue weighted by atomic mass is 10.3. The van der Waals surface area contributed by atoms with Crippen molar-refractivity contribution in [3.05, 3.63) is 66.9 Å². The van der Waals surface area contributed by atoms with E-state index in [1.165, 1.54) is 6.07 Å². The van der Waals surface area contributed by atoms with Crippen LogP contribution in [0.15, 0.2) is 64.7 Å². The number of hydrogen-bond acceptors (Lipinski definition) is 3. The minimum atomic E-state index is -0.359. The van der Waals surface area contributed by atoms with E-state index in [2.05, 4.69) is 16.9 Å². The molecule has 0 saturated heterocycles. The van der Waals surface area contributed by atoms with Gasteiger partial charge in [0.1, 0.15) is 12.4 Å². The standard InChI is InChI=1S/C19H24FN3O2/c1-3-11-21-19(22-12-10-16-7-6-14-24-16)23(2)13-15-25-18-9-5-4-8-17(18)20/h3-9,14H,1,10-13,15H2,2H3,(H,21,22). The van der Waals surface area contributed by atoms with Gasteiger partial charge in [0, 0.05) is 26.6 Å². The minimum absolute atomic E-state index is 0.256. The van der Waals surface area contributed by atoms with Crippen LogP contribution in [0.2, 0.25) is 0 Å². The zero-order chi connectivity index (χ0) is 17.9. The Morgan fingerprint density at radius 3 is 2.92 bits per heavy atom. The Morgan fingerprint density at radius 1 is 1.36 bits per heavy atom. The van der Waals surface area contributed by atoms with E-state index in [1.807, 2.05) is 24.1 Å². The first-order chi connectivity index (χ1) is 12.2. The Bertz CT molecular complexity index is 671. The molecule has 0 spiro atoms. The highest BCUT2D eigenvalue weighted by molar-refractivity contribution is 5.79. The first-order valence-electron chi connectivity index (χ1n) is 8.20. The number of benzene rings is 1. The number of hydrogen-bond donors (Lipinski definition) is 1. The summed E-state index contributed by atoms with van der Waals surface area (Å²) in [6.45, 7) is 5.84. The van der Waals surface area contributed by atoms with Crippen molar-refractivity contribution in [3.8, 4) is 5.75 Å². The van der Waals surface area contributed by atoms with E-state index in [-0.39, 0.29) is 11.6 Å². The van der Waals surface area contributed by atoms with Crippen molar-refractivity contribution < 1.29 is 13.5 Å². The van der Waals surface area contributed by atoms with Crippen molar-refractivity contribution in [1.82, 2.24) is 10.2 Å². The van der Waals surface area contributed by atoms with Gasteiger partial charge >= 0.3 is 0 Å². The van der Waals surface area contributed by atoms with E-state index in [4.69, 9.17) is 9.15 Å². The zero-order valence-corrected chi connectivity index (χ0v) is 14.5. The number of para-hydroxylation sites is 1. The molecule has 0 saturated carbocycles. The van der Waals surface area contributed by atoms with Gasteiger partial charge in [-0.1, -0.05) is 18.2 Å². The average Bonchev–Trinajstić information content (AvgIpc) is 3.13. The molecule has 0 radical (unpaired) electrons. The van der Waals surface area contributed by atoms with E-state index in [1.54, 1.807) is 30.5 Å². The Labute approximate surface area is 147 Å². The Morgan fingerprint density at radius 2 is 2.20 bits per heavy atom. The molecule has 5 nitrogen and oxygen atoms in total. The number of nitrogens with zero attached hydrogens (tertiary/aromatic N) is 2. The van der Waals surface area contributed by atoms with Gasteiger partial charge in [0.05, 0.1) is 12.8 Å². The van der Waals surface area contributed by atoms with Gasteiger partial charge in [0.25, 0.3) is 0 Å². The third-order valence-corrected chi connectivity index (χ3v) is 3.49. The maximum Gasteiger partial charge on any atom is 0.194 e. The third kappa shape index (κ3) is 6.33. The number of halogens is 1. The molecule has 0 amide bonds. The molecular formula is C19H24FN3O2. The van der Waals surface area contributed by atoms with E-state index in [0.717, 1.165) is 18.1 Å². The quantitative estimate of drug-likeness (QED) is 0.431. The molecule has 0 aliphatic heterocycles. The molecule has 0 aliphatic carbocycles. The Balaban J connectivity index is 1.84. The molecule has 0 unspecified atom stereocenters. The fraction of sp³-hybridized carbons (Fsp3) is 0.316. The number of ether oxygens (including phenoxy) is 1. The SMILES string of the molecule is C=CCNC(=NCCc1ccco1)N(C)CCOc1ccccc1F. The van der Waals surface area contributed by atoms with Gasteiger partial charge in [-0.15, -0.1) is 6.58 Å². The van der Waals surface area contributed by atoms with Crippen LogP contribution in [0, 0.1) is 5.82 Å². The summed E-state index contributed by atoms with van der Waals surface area (Å²) < 4.78 is 24.3. The van der Waals surface area contributed by atoms with E-state index in [9.17, 15) is 4.39 Å². The van der Waals surface area contributed by atoms with Gasteiger partial charge in [-0.25, -0.2) is 4.39 Å². The van der Waals surface area contributed by atoms with Gasteiger partial charge in [-0.05, 0) is 24.3 Å². The number of guanidine groups is 1. The number of nitrogens with one attached hydrogen (secondary N) is 1. The van der Waals surface area contributed by atoms with Crippen LogP contribution in [0.3, 0.4) is 0 Å². The summed E-state index contributed by atoms with van der Waals surface area (Å²) in [7, 11) is 1.91. The lowest BCUT2D eigenvalue weighted by Crippen LogP contribution is -2.41. The molecule has 0 atom stereocenters. The van der Waals surface area contributed by atoms with Crippen LogP contribution < -0.4 is 10.1 Å². The van der Waals surface area contributed by atoms with Gasteiger partial charge in [0.15, 0.2) is 17.5 Å². The normalized spacial score (nSPS) is 11.2. The van der Waals surface area contributed by atoms with Crippen LogP contribution >= 0.6 is 0 Å². The predicted molar refractivity (Wildman–Crippen MR) is 97.4 cm³/mol. The molecule has 2 rings (SSSR count). The van der Waals surface area contributed by atoms with Crippen molar-refractivity contribution in [2.75, 3.05) is 33.3 Å². The van der Waals surface area contributed by atoms with Crippen LogP contribution in [-0.2, 0) is 6.42 Å². The first kappa shape index (κ1) is 18.6. The van der Waals surface area contributed by atoms with Crippen LogP contribution in [0.1, 0.15) is 5.76 Å². The summed E-state index contributed by atoms with van der Waals surface area (Å²) in [5.74, 6) is 1.54. The summed E-state index contributed by atoms with van der Waals surface area (Å²) in [5, 5.41) is 3.21. The summed E-state index contributed by atoms with van der Waals surface area (Å²) in [6, 6.07) is 10.2. The van der Waals surface area contributed by atoms with Crippen LogP contribution in [-0.4, -0.2) is 44.1 Å². The summed E-state index contributed by atoms with van der Waals surface area (Å²) in [6.07, 6.45) is 4.15. The molecule has 6 heteroatoms. The van der Waals surface area contributed by atoms with Gasteiger partial charge in [0.2, 0.25) is 0 Å². The molecule has 2 aromatic rings. The monoisotopic (exact) mass is 345 g/mol. The number of aliphatic imine (C=N–C) groups is 1. The van der Waals surface area contributed by atoms with Gasteiger partial charge < -0.3 is 19.4 Å². The Hall–Kier alpha value is -2.76. The third-order valence-electron chi connectivity index (χ3n) is 3.49. The highest BCUT2D eigenvalue weighted by Gasteiger charge is 2.07. The van der Waals surface area contributed by atoms with Crippen LogP contribution in [0.4, 0.5) is 4.39 Å². The van der Waals surface area contributed by atoms with Crippen LogP contribution in [0.5, 0.6) is 5.75 Å². The largest absolute Gasteiger partial charge is 0.489 e. The fourth-order valence-corrected chi connectivity index (χ4v) is 2.16. The number of rotatable bonds is 9. The lowest BCUT2D eigenvalue weighted by molar-refractivity contribution is 0.270. The van der Waals surface area contributed by atoms with Gasteiger partial charge in [-0.3, -0.25) is 4.99 Å². The summed E-state index contributed by atoms with van der Waals surface area (Å²) in [5.41, 5.74) is 0. The van der Waals surface area contributed by atoms with Crippen molar-refractivity contribution in [2.45, 2.75) is 6.42 Å². The Kier molecular flexibility index (Phi) is 7.56. The molecule has 1 aromatic heterocycles. The van der Waals surface area contributed by atoms with E-state index < -0.39 is 0 Å². The van der Waals surface area contributed by atoms with Gasteiger partial charge in [-0.2, -0.15) is 0 Å². The van der Waals surface area contributed by atoms with E-state index >= 15 is 0 Å². The fourth-order valence-electron chi connectivity index (χ4n) is 2.16. The molecule has 0 bridgehead atoms. The summed E-state index contributed by atoms with van der Waals surface area (Å²) in [4.78, 5) is 6.51. The molecule has 0 aliphatic rings. The predicted octanol–water partition coefficient (Wildman–Crippen LogP) is 3.10. The average molecular weight is 345 g/mol. The maximum atomic E-state index is 13.5. The van der Waals surface area contributed by atoms with Crippen molar-refractivity contribution in [2.24, 2.45) is 4.99 Å².